The van der Waals surface area contributed by atoms with E-state index in [2.05, 4.69) is 15.5 Å². The zero-order valence-electron chi connectivity index (χ0n) is 13.1. The van der Waals surface area contributed by atoms with Crippen LogP contribution in [0.25, 0.3) is 0 Å². The van der Waals surface area contributed by atoms with Crippen molar-refractivity contribution in [3.05, 3.63) is 11.7 Å². The number of aromatic nitrogens is 2. The Kier molecular flexibility index (Phi) is 7.78. The molecule has 1 heterocycles. The smallest absolute Gasteiger partial charge is 0.248 e. The number of nitrogens with zero attached hydrogens (tertiary/aromatic N) is 2. The van der Waals surface area contributed by atoms with Gasteiger partial charge in [-0.15, -0.1) is 12.4 Å². The molecule has 2 rings (SSSR count). The van der Waals surface area contributed by atoms with E-state index < -0.39 is 6.04 Å². The van der Waals surface area contributed by atoms with Crippen LogP contribution in [0.15, 0.2) is 4.52 Å². The maximum absolute atomic E-state index is 11.8. The van der Waals surface area contributed by atoms with E-state index in [-0.39, 0.29) is 31.0 Å². The Morgan fingerprint density at radius 1 is 1.45 bits per heavy atom. The van der Waals surface area contributed by atoms with Gasteiger partial charge in [0, 0.05) is 13.0 Å². The van der Waals surface area contributed by atoms with Gasteiger partial charge in [0.2, 0.25) is 11.8 Å². The summed E-state index contributed by atoms with van der Waals surface area (Å²) >= 11 is 0. The Morgan fingerprint density at radius 2 is 2.14 bits per heavy atom. The number of nitrogens with one attached hydrogen (secondary N) is 1. The third-order valence-corrected chi connectivity index (χ3v) is 3.84. The van der Waals surface area contributed by atoms with Crippen molar-refractivity contribution in [3.8, 4) is 0 Å². The van der Waals surface area contributed by atoms with Gasteiger partial charge in [-0.2, -0.15) is 4.98 Å². The van der Waals surface area contributed by atoms with Crippen LogP contribution in [0.5, 0.6) is 0 Å². The lowest BCUT2D eigenvalue weighted by molar-refractivity contribution is -0.124. The number of hydrogen-bond donors (Lipinski definition) is 2. The van der Waals surface area contributed by atoms with E-state index in [1.54, 1.807) is 6.92 Å². The molecule has 1 aromatic rings. The van der Waals surface area contributed by atoms with Gasteiger partial charge in [0.1, 0.15) is 12.1 Å². The van der Waals surface area contributed by atoms with Crippen LogP contribution < -0.4 is 11.1 Å². The predicted molar refractivity (Wildman–Crippen MR) is 83.8 cm³/mol. The summed E-state index contributed by atoms with van der Waals surface area (Å²) in [6.45, 7) is 1.98. The molecule has 1 aliphatic rings. The van der Waals surface area contributed by atoms with E-state index in [0.717, 1.165) is 18.7 Å². The number of rotatable bonds is 6. The summed E-state index contributed by atoms with van der Waals surface area (Å²) in [4.78, 5) is 16.2. The Hall–Kier alpha value is -1.18. The molecule has 1 fully saturated rings. The highest BCUT2D eigenvalue weighted by Gasteiger charge is 2.24. The molecule has 1 aromatic heterocycles. The Labute approximate surface area is 136 Å². The molecule has 8 heteroatoms. The zero-order chi connectivity index (χ0) is 15.2. The van der Waals surface area contributed by atoms with Crippen LogP contribution >= 0.6 is 12.4 Å². The first-order valence-corrected chi connectivity index (χ1v) is 7.50. The molecule has 0 aliphatic heterocycles. The van der Waals surface area contributed by atoms with E-state index in [0.29, 0.717) is 11.8 Å². The monoisotopic (exact) mass is 332 g/mol. The second-order valence-electron chi connectivity index (χ2n) is 5.62. The van der Waals surface area contributed by atoms with E-state index in [1.165, 1.54) is 26.4 Å². The van der Waals surface area contributed by atoms with Gasteiger partial charge in [-0.05, 0) is 19.8 Å². The van der Waals surface area contributed by atoms with Crippen molar-refractivity contribution < 1.29 is 14.1 Å². The molecule has 2 atom stereocenters. The van der Waals surface area contributed by atoms with Gasteiger partial charge in [0.05, 0.1) is 6.61 Å². The van der Waals surface area contributed by atoms with Crippen molar-refractivity contribution in [2.24, 2.45) is 5.73 Å². The first kappa shape index (κ1) is 18.9. The number of amides is 1. The molecule has 0 aromatic carbocycles. The normalized spacial score (nSPS) is 18.3. The molecule has 2 unspecified atom stereocenters. The quantitative estimate of drug-likeness (QED) is 0.821. The van der Waals surface area contributed by atoms with E-state index in [1.807, 2.05) is 0 Å². The maximum Gasteiger partial charge on any atom is 0.248 e. The summed E-state index contributed by atoms with van der Waals surface area (Å²) in [5, 5.41) is 6.81. The third kappa shape index (κ3) is 4.93. The fourth-order valence-electron chi connectivity index (χ4n) is 2.59. The summed E-state index contributed by atoms with van der Waals surface area (Å²) in [6, 6.07) is -1.05. The highest BCUT2D eigenvalue weighted by atomic mass is 35.5. The van der Waals surface area contributed by atoms with Crippen LogP contribution in [0.1, 0.15) is 62.7 Å². The molecule has 0 radical (unpaired) electrons. The lowest BCUT2D eigenvalue weighted by Gasteiger charge is -2.17. The van der Waals surface area contributed by atoms with Crippen molar-refractivity contribution in [1.29, 1.82) is 0 Å². The lowest BCUT2D eigenvalue weighted by atomic mass is 9.89. The molecule has 1 amide bonds. The Bertz CT molecular complexity index is 463. The van der Waals surface area contributed by atoms with E-state index in [9.17, 15) is 4.79 Å². The van der Waals surface area contributed by atoms with E-state index >= 15 is 0 Å². The number of carbonyl (C=O) groups excluding carboxylic acids is 1. The van der Waals surface area contributed by atoms with Gasteiger partial charge in [0.15, 0.2) is 5.82 Å². The van der Waals surface area contributed by atoms with Gasteiger partial charge in [0.25, 0.3) is 0 Å². The first-order valence-electron chi connectivity index (χ1n) is 7.50. The summed E-state index contributed by atoms with van der Waals surface area (Å²) in [5.74, 6) is 1.28. The number of hydrogen-bond acceptors (Lipinski definition) is 6. The molecule has 1 saturated carbocycles. The standard InChI is InChI=1S/C14H24N4O3.ClH/c1-9(16-13(19)11(15)8-20-2)14-17-12(18-21-14)10-6-4-3-5-7-10;/h9-11H,3-8,15H2,1-2H3,(H,16,19);1H. The topological polar surface area (TPSA) is 103 Å². The minimum atomic E-state index is -0.696. The summed E-state index contributed by atoms with van der Waals surface area (Å²) < 4.78 is 10.1. The van der Waals surface area contributed by atoms with Gasteiger partial charge in [-0.1, -0.05) is 24.4 Å². The fraction of sp³-hybridized carbons (Fsp3) is 0.786. The summed E-state index contributed by atoms with van der Waals surface area (Å²) in [6.07, 6.45) is 5.93. The molecule has 7 nitrogen and oxygen atoms in total. The van der Waals surface area contributed by atoms with Crippen LogP contribution in [0.2, 0.25) is 0 Å². The molecule has 0 bridgehead atoms. The van der Waals surface area contributed by atoms with Crippen LogP contribution in [-0.4, -0.2) is 35.8 Å². The molecular formula is C14H25ClN4O3. The summed E-state index contributed by atoms with van der Waals surface area (Å²) in [7, 11) is 1.50. The Morgan fingerprint density at radius 3 is 2.77 bits per heavy atom. The fourth-order valence-corrected chi connectivity index (χ4v) is 2.59. The molecule has 3 N–H and O–H groups in total. The van der Waals surface area contributed by atoms with Gasteiger partial charge >= 0.3 is 0 Å². The minimum Gasteiger partial charge on any atom is -0.383 e. The number of methoxy groups -OCH3 is 1. The number of halogens is 1. The van der Waals surface area contributed by atoms with Crippen LogP contribution in [-0.2, 0) is 9.53 Å². The number of carbonyl (C=O) groups is 1. The summed E-state index contributed by atoms with van der Waals surface area (Å²) in [5.41, 5.74) is 5.67. The van der Waals surface area contributed by atoms with Crippen molar-refractivity contribution in [3.63, 3.8) is 0 Å². The second-order valence-corrected chi connectivity index (χ2v) is 5.62. The zero-order valence-corrected chi connectivity index (χ0v) is 13.9. The van der Waals surface area contributed by atoms with Crippen molar-refractivity contribution in [2.45, 2.75) is 57.0 Å². The van der Waals surface area contributed by atoms with Crippen LogP contribution in [0.3, 0.4) is 0 Å². The average molecular weight is 333 g/mol. The Balaban J connectivity index is 0.00000242. The van der Waals surface area contributed by atoms with Crippen LogP contribution in [0, 0.1) is 0 Å². The SMILES string of the molecule is COCC(N)C(=O)NC(C)c1nc(C2CCCCC2)no1.Cl. The van der Waals surface area contributed by atoms with Crippen LogP contribution in [0.4, 0.5) is 0 Å². The average Bonchev–Trinajstić information content (AvgIpc) is 2.98. The first-order chi connectivity index (χ1) is 10.1. The number of nitrogens with two attached hydrogens (primary N) is 1. The molecule has 0 saturated heterocycles. The second kappa shape index (κ2) is 9.07. The predicted octanol–water partition coefficient (Wildman–Crippen LogP) is 1.69. The maximum atomic E-state index is 11.8. The number of ether oxygens (including phenoxy) is 1. The van der Waals surface area contributed by atoms with Crippen molar-refractivity contribution in [1.82, 2.24) is 15.5 Å². The van der Waals surface area contributed by atoms with Gasteiger partial charge in [-0.3, -0.25) is 4.79 Å². The highest BCUT2D eigenvalue weighted by Crippen LogP contribution is 2.31. The molecule has 126 valence electrons. The molecular weight excluding hydrogens is 308 g/mol. The van der Waals surface area contributed by atoms with Gasteiger partial charge in [-0.25, -0.2) is 0 Å². The van der Waals surface area contributed by atoms with Crippen molar-refractivity contribution in [2.75, 3.05) is 13.7 Å². The van der Waals surface area contributed by atoms with Gasteiger partial charge < -0.3 is 20.3 Å². The highest BCUT2D eigenvalue weighted by molar-refractivity contribution is 5.85. The minimum absolute atomic E-state index is 0. The molecule has 0 spiro atoms. The molecule has 1 aliphatic carbocycles. The van der Waals surface area contributed by atoms with Crippen molar-refractivity contribution >= 4 is 18.3 Å². The third-order valence-electron chi connectivity index (χ3n) is 3.84. The largest absolute Gasteiger partial charge is 0.383 e. The molecule has 22 heavy (non-hydrogen) atoms. The van der Waals surface area contributed by atoms with E-state index in [4.69, 9.17) is 15.0 Å². The lowest BCUT2D eigenvalue weighted by Crippen LogP contribution is -2.44.